The molecule has 0 aromatic heterocycles. The Morgan fingerprint density at radius 3 is 2.54 bits per heavy atom. The maximum absolute atomic E-state index is 12.9. The van der Waals surface area contributed by atoms with Crippen molar-refractivity contribution in [2.24, 2.45) is 17.8 Å². The molecule has 0 aromatic rings. The van der Waals surface area contributed by atoms with Crippen molar-refractivity contribution in [3.8, 4) is 0 Å². The minimum Gasteiger partial charge on any atom is -0.465 e. The number of ether oxygens (including phenoxy) is 1. The number of esters is 1. The lowest BCUT2D eigenvalue weighted by Gasteiger charge is -2.30. The second-order valence-corrected chi connectivity index (χ2v) is 8.67. The fourth-order valence-corrected chi connectivity index (χ4v) is 5.34. The number of hydrogen-bond donors (Lipinski definition) is 0. The van der Waals surface area contributed by atoms with Gasteiger partial charge < -0.3 is 4.74 Å². The molecule has 4 heteroatoms. The quantitative estimate of drug-likeness (QED) is 0.488. The van der Waals surface area contributed by atoms with Crippen LogP contribution in [0.15, 0.2) is 11.6 Å². The van der Waals surface area contributed by atoms with Crippen molar-refractivity contribution in [3.63, 3.8) is 0 Å². The molecule has 0 spiro atoms. The Labute approximate surface area is 151 Å². The molecular weight excluding hydrogens is 320 g/mol. The highest BCUT2D eigenvalue weighted by Crippen LogP contribution is 2.39. The molecule has 0 bridgehead atoms. The molecule has 0 aromatic carbocycles. The van der Waals surface area contributed by atoms with Crippen LogP contribution in [0.25, 0.3) is 0 Å². The molecule has 2 rings (SSSR count). The Morgan fingerprint density at radius 2 is 1.92 bits per heavy atom. The lowest BCUT2D eigenvalue weighted by atomic mass is 9.75. The first-order valence-electron chi connectivity index (χ1n) is 9.50. The van der Waals surface area contributed by atoms with Gasteiger partial charge in [-0.2, -0.15) is 11.8 Å². The van der Waals surface area contributed by atoms with Crippen LogP contribution in [-0.4, -0.2) is 29.4 Å². The maximum Gasteiger partial charge on any atom is 0.309 e. The summed E-state index contributed by atoms with van der Waals surface area (Å²) in [5.41, 5.74) is 1.26. The van der Waals surface area contributed by atoms with E-state index in [4.69, 9.17) is 4.74 Å². The van der Waals surface area contributed by atoms with Crippen LogP contribution in [0.3, 0.4) is 0 Å². The van der Waals surface area contributed by atoms with E-state index in [1.807, 2.05) is 0 Å². The van der Waals surface area contributed by atoms with E-state index in [1.54, 1.807) is 11.8 Å². The molecule has 24 heavy (non-hydrogen) atoms. The molecule has 1 saturated carbocycles. The van der Waals surface area contributed by atoms with E-state index in [1.165, 1.54) is 5.57 Å². The summed E-state index contributed by atoms with van der Waals surface area (Å²) in [4.78, 5) is 25.4. The lowest BCUT2D eigenvalue weighted by molar-refractivity contribution is -0.154. The standard InChI is InChI=1S/C20H32O3S/c1-4-7-14(2)10-11-23-20(22)17-9-6-5-8-16(17)19(21)18-12-15(3)13-24-18/h7,15-18H,4-6,8-13H2,1-3H3/b14-7+/t15?,16-,17+,18?/m1/s1. The van der Waals surface area contributed by atoms with Crippen LogP contribution in [0.4, 0.5) is 0 Å². The summed E-state index contributed by atoms with van der Waals surface area (Å²) < 4.78 is 5.52. The second kappa shape index (κ2) is 9.65. The van der Waals surface area contributed by atoms with Crippen LogP contribution >= 0.6 is 11.8 Å². The monoisotopic (exact) mass is 352 g/mol. The van der Waals surface area contributed by atoms with E-state index >= 15 is 0 Å². The van der Waals surface area contributed by atoms with Gasteiger partial charge in [-0.25, -0.2) is 0 Å². The van der Waals surface area contributed by atoms with Gasteiger partial charge in [0.15, 0.2) is 0 Å². The van der Waals surface area contributed by atoms with Crippen molar-refractivity contribution in [2.75, 3.05) is 12.4 Å². The molecule has 4 atom stereocenters. The Hall–Kier alpha value is -0.770. The second-order valence-electron chi connectivity index (χ2n) is 7.44. The van der Waals surface area contributed by atoms with Crippen LogP contribution in [0.2, 0.25) is 0 Å². The van der Waals surface area contributed by atoms with Crippen molar-refractivity contribution in [3.05, 3.63) is 11.6 Å². The first-order chi connectivity index (χ1) is 11.5. The minimum atomic E-state index is -0.210. The van der Waals surface area contributed by atoms with Crippen LogP contribution in [0.1, 0.15) is 65.7 Å². The third kappa shape index (κ3) is 5.37. The molecule has 3 nitrogen and oxygen atoms in total. The highest BCUT2D eigenvalue weighted by Gasteiger charge is 2.41. The topological polar surface area (TPSA) is 43.4 Å². The van der Waals surface area contributed by atoms with Gasteiger partial charge in [-0.05, 0) is 44.3 Å². The zero-order chi connectivity index (χ0) is 17.5. The molecule has 1 heterocycles. The largest absolute Gasteiger partial charge is 0.465 e. The maximum atomic E-state index is 12.9. The summed E-state index contributed by atoms with van der Waals surface area (Å²) in [5, 5.41) is 0.105. The molecule has 2 aliphatic rings. The van der Waals surface area contributed by atoms with Crippen LogP contribution in [0, 0.1) is 17.8 Å². The zero-order valence-electron chi connectivity index (χ0n) is 15.4. The Bertz CT molecular complexity index is 472. The van der Waals surface area contributed by atoms with Gasteiger partial charge >= 0.3 is 5.97 Å². The minimum absolute atomic E-state index is 0.105. The van der Waals surface area contributed by atoms with E-state index < -0.39 is 0 Å². The van der Waals surface area contributed by atoms with Crippen LogP contribution < -0.4 is 0 Å². The summed E-state index contributed by atoms with van der Waals surface area (Å²) in [6.45, 7) is 6.82. The summed E-state index contributed by atoms with van der Waals surface area (Å²) in [6.07, 6.45) is 8.71. The summed E-state index contributed by atoms with van der Waals surface area (Å²) in [7, 11) is 0. The van der Waals surface area contributed by atoms with Gasteiger partial charge in [-0.15, -0.1) is 0 Å². The summed E-state index contributed by atoms with van der Waals surface area (Å²) >= 11 is 1.78. The van der Waals surface area contributed by atoms with Gasteiger partial charge in [-0.1, -0.05) is 38.3 Å². The molecule has 2 unspecified atom stereocenters. The van der Waals surface area contributed by atoms with E-state index in [-0.39, 0.29) is 23.1 Å². The lowest BCUT2D eigenvalue weighted by Crippen LogP contribution is -2.37. The molecule has 1 saturated heterocycles. The molecule has 136 valence electrons. The number of rotatable bonds is 7. The van der Waals surface area contributed by atoms with Crippen LogP contribution in [-0.2, 0) is 14.3 Å². The highest BCUT2D eigenvalue weighted by atomic mass is 32.2. The van der Waals surface area contributed by atoms with Crippen molar-refractivity contribution in [2.45, 2.75) is 71.0 Å². The predicted molar refractivity (Wildman–Crippen MR) is 100 cm³/mol. The number of allylic oxidation sites excluding steroid dienone is 1. The van der Waals surface area contributed by atoms with E-state index in [2.05, 4.69) is 26.8 Å². The highest BCUT2D eigenvalue weighted by molar-refractivity contribution is 8.00. The Kier molecular flexibility index (Phi) is 7.86. The SMILES string of the molecule is CC/C=C(\C)CCOC(=O)[C@H]1CCCC[C@H]1C(=O)C1CC(C)CS1. The van der Waals surface area contributed by atoms with Gasteiger partial charge in [0.05, 0.1) is 17.8 Å². The zero-order valence-corrected chi connectivity index (χ0v) is 16.2. The van der Waals surface area contributed by atoms with Gasteiger partial charge in [0.2, 0.25) is 0 Å². The third-order valence-electron chi connectivity index (χ3n) is 5.24. The van der Waals surface area contributed by atoms with Gasteiger partial charge in [0.25, 0.3) is 0 Å². The number of ketones is 1. The molecule has 0 amide bonds. The predicted octanol–water partition coefficient (Wildman–Crippen LogP) is 4.79. The van der Waals surface area contributed by atoms with Gasteiger partial charge in [0.1, 0.15) is 5.78 Å². The Morgan fingerprint density at radius 1 is 1.21 bits per heavy atom. The Balaban J connectivity index is 1.89. The summed E-state index contributed by atoms with van der Waals surface area (Å²) in [6, 6.07) is 0. The van der Waals surface area contributed by atoms with Crippen molar-refractivity contribution < 1.29 is 14.3 Å². The molecule has 1 aliphatic heterocycles. The normalized spacial score (nSPS) is 31.0. The van der Waals surface area contributed by atoms with Crippen molar-refractivity contribution in [1.29, 1.82) is 0 Å². The first-order valence-corrected chi connectivity index (χ1v) is 10.5. The molecule has 2 fully saturated rings. The van der Waals surface area contributed by atoms with Gasteiger partial charge in [-0.3, -0.25) is 9.59 Å². The number of Topliss-reactive ketones (excluding diaryl/α,β-unsaturated/α-hetero) is 1. The fourth-order valence-electron chi connectivity index (χ4n) is 3.84. The molecule has 0 radical (unpaired) electrons. The summed E-state index contributed by atoms with van der Waals surface area (Å²) in [5.74, 6) is 1.54. The van der Waals surface area contributed by atoms with E-state index in [0.29, 0.717) is 18.3 Å². The van der Waals surface area contributed by atoms with Gasteiger partial charge in [0, 0.05) is 12.3 Å². The van der Waals surface area contributed by atoms with E-state index in [9.17, 15) is 9.59 Å². The van der Waals surface area contributed by atoms with Crippen molar-refractivity contribution in [1.82, 2.24) is 0 Å². The average Bonchev–Trinajstić information content (AvgIpc) is 3.01. The number of carbonyl (C=O) groups is 2. The first kappa shape index (κ1) is 19.6. The molecule has 0 N–H and O–H groups in total. The number of hydrogen-bond acceptors (Lipinski definition) is 4. The fraction of sp³-hybridized carbons (Fsp3) is 0.800. The van der Waals surface area contributed by atoms with E-state index in [0.717, 1.165) is 50.7 Å². The number of thioether (sulfide) groups is 1. The third-order valence-corrected chi connectivity index (χ3v) is 6.83. The van der Waals surface area contributed by atoms with Crippen LogP contribution in [0.5, 0.6) is 0 Å². The number of carbonyl (C=O) groups excluding carboxylic acids is 2. The van der Waals surface area contributed by atoms with Crippen molar-refractivity contribution >= 4 is 23.5 Å². The average molecular weight is 353 g/mol. The smallest absolute Gasteiger partial charge is 0.309 e. The molecule has 1 aliphatic carbocycles. The molecular formula is C20H32O3S.